The zero-order valence-corrected chi connectivity index (χ0v) is 15.2. The summed E-state index contributed by atoms with van der Waals surface area (Å²) in [6, 6.07) is 8.09. The highest BCUT2D eigenvalue weighted by molar-refractivity contribution is 6.39. The van der Waals surface area contributed by atoms with Gasteiger partial charge in [0.25, 0.3) is 0 Å². The normalized spacial score (nSPS) is 18.1. The molecule has 28 heavy (non-hydrogen) atoms. The van der Waals surface area contributed by atoms with Crippen LogP contribution >= 0.6 is 0 Å². The van der Waals surface area contributed by atoms with Crippen molar-refractivity contribution in [3.63, 3.8) is 0 Å². The third-order valence-corrected chi connectivity index (χ3v) is 4.78. The molecule has 0 aliphatic heterocycles. The van der Waals surface area contributed by atoms with Gasteiger partial charge >= 0.3 is 11.8 Å². The summed E-state index contributed by atoms with van der Waals surface area (Å²) in [7, 11) is 1.56. The first-order valence-corrected chi connectivity index (χ1v) is 8.76. The van der Waals surface area contributed by atoms with E-state index in [0.717, 1.165) is 30.2 Å². The molecule has 0 aromatic heterocycles. The largest absolute Gasteiger partial charge is 0.497 e. The Morgan fingerprint density at radius 2 is 1.93 bits per heavy atom. The van der Waals surface area contributed by atoms with Crippen LogP contribution in [-0.4, -0.2) is 30.6 Å². The van der Waals surface area contributed by atoms with Gasteiger partial charge in [-0.15, -0.1) is 0 Å². The zero-order chi connectivity index (χ0) is 20.3. The highest BCUT2D eigenvalue weighted by Gasteiger charge is 2.35. The van der Waals surface area contributed by atoms with Crippen molar-refractivity contribution in [3.8, 4) is 5.75 Å². The zero-order valence-electron chi connectivity index (χ0n) is 15.2. The summed E-state index contributed by atoms with van der Waals surface area (Å²) in [5.41, 5.74) is 0.250. The smallest absolute Gasteiger partial charge is 0.313 e. The molecule has 2 aromatic carbocycles. The minimum Gasteiger partial charge on any atom is -0.497 e. The molecule has 0 heterocycles. The number of fused-ring (bicyclic) bond motifs is 1. The lowest BCUT2D eigenvalue weighted by molar-refractivity contribution is -0.137. The van der Waals surface area contributed by atoms with Crippen LogP contribution in [0.25, 0.3) is 0 Å². The van der Waals surface area contributed by atoms with Crippen molar-refractivity contribution >= 4 is 17.5 Å². The number of aliphatic hydroxyl groups is 1. The molecule has 1 unspecified atom stereocenters. The lowest BCUT2D eigenvalue weighted by atomic mass is 9.79. The third kappa shape index (κ3) is 4.12. The first kappa shape index (κ1) is 19.8. The van der Waals surface area contributed by atoms with Crippen molar-refractivity contribution in [2.24, 2.45) is 0 Å². The molecule has 6 nitrogen and oxygen atoms in total. The molecule has 3 N–H and O–H groups in total. The Morgan fingerprint density at radius 3 is 2.64 bits per heavy atom. The molecule has 0 fully saturated rings. The molecule has 2 aromatic rings. The molecule has 8 heteroatoms. The lowest BCUT2D eigenvalue weighted by Crippen LogP contribution is -2.46. The number of amides is 2. The van der Waals surface area contributed by atoms with E-state index < -0.39 is 29.0 Å². The Bertz CT molecular complexity index is 919. The standard InChI is InChI=1S/C20H20F2N2O4/c1-28-14-5-6-15-12(9-14)3-2-8-20(15,27)11-23-18(25)19(26)24-13-4-7-16(21)17(22)10-13/h4-7,9-10,27H,2-3,8,11H2,1H3,(H,23,25)(H,24,26). The Balaban J connectivity index is 1.65. The number of benzene rings is 2. The fraction of sp³-hybridized carbons (Fsp3) is 0.300. The van der Waals surface area contributed by atoms with Gasteiger partial charge in [-0.3, -0.25) is 9.59 Å². The number of methoxy groups -OCH3 is 1. The Kier molecular flexibility index (Phi) is 5.60. The van der Waals surface area contributed by atoms with E-state index >= 15 is 0 Å². The Labute approximate surface area is 160 Å². The summed E-state index contributed by atoms with van der Waals surface area (Å²) in [5.74, 6) is -3.55. The number of ether oxygens (including phenoxy) is 1. The van der Waals surface area contributed by atoms with Crippen molar-refractivity contribution < 1.29 is 28.2 Å². The number of halogens is 2. The second kappa shape index (κ2) is 7.93. The van der Waals surface area contributed by atoms with Crippen molar-refractivity contribution in [1.82, 2.24) is 5.32 Å². The second-order valence-electron chi connectivity index (χ2n) is 6.67. The molecule has 0 spiro atoms. The quantitative estimate of drug-likeness (QED) is 0.699. The number of carbonyl (C=O) groups is 2. The minimum absolute atomic E-state index is 0.0483. The summed E-state index contributed by atoms with van der Waals surface area (Å²) in [6.45, 7) is -0.156. The van der Waals surface area contributed by atoms with E-state index in [-0.39, 0.29) is 12.2 Å². The second-order valence-corrected chi connectivity index (χ2v) is 6.67. The van der Waals surface area contributed by atoms with Crippen LogP contribution in [0, 0.1) is 11.6 Å². The Hall–Kier alpha value is -3.00. The van der Waals surface area contributed by atoms with Gasteiger partial charge in [0.15, 0.2) is 11.6 Å². The van der Waals surface area contributed by atoms with Crippen LogP contribution in [0.3, 0.4) is 0 Å². The number of rotatable bonds is 4. The number of nitrogens with one attached hydrogen (secondary N) is 2. The van der Waals surface area contributed by atoms with Gasteiger partial charge in [0.1, 0.15) is 11.4 Å². The minimum atomic E-state index is -1.31. The lowest BCUT2D eigenvalue weighted by Gasteiger charge is -2.34. The summed E-state index contributed by atoms with van der Waals surface area (Å²) in [6.07, 6.45) is 1.92. The van der Waals surface area contributed by atoms with E-state index in [4.69, 9.17) is 4.74 Å². The predicted molar refractivity (Wildman–Crippen MR) is 97.8 cm³/mol. The number of aryl methyl sites for hydroxylation is 1. The number of hydrogen-bond donors (Lipinski definition) is 3. The highest BCUT2D eigenvalue weighted by Crippen LogP contribution is 2.36. The fourth-order valence-electron chi connectivity index (χ4n) is 3.32. The molecular formula is C20H20F2N2O4. The van der Waals surface area contributed by atoms with E-state index in [9.17, 15) is 23.5 Å². The van der Waals surface area contributed by atoms with Crippen LogP contribution in [0.1, 0.15) is 24.0 Å². The summed E-state index contributed by atoms with van der Waals surface area (Å²) < 4.78 is 31.3. The molecule has 3 rings (SSSR count). The van der Waals surface area contributed by atoms with Crippen molar-refractivity contribution in [2.75, 3.05) is 19.0 Å². The SMILES string of the molecule is COc1ccc2c(c1)CCCC2(O)CNC(=O)C(=O)Nc1ccc(F)c(F)c1. The first-order chi connectivity index (χ1) is 13.3. The van der Waals surface area contributed by atoms with Crippen LogP contribution in [0.4, 0.5) is 14.5 Å². The molecule has 0 bridgehead atoms. The van der Waals surface area contributed by atoms with Gasteiger partial charge in [-0.25, -0.2) is 8.78 Å². The molecule has 0 radical (unpaired) electrons. The predicted octanol–water partition coefficient (Wildman–Crippen LogP) is 2.25. The van der Waals surface area contributed by atoms with Crippen molar-refractivity contribution in [1.29, 1.82) is 0 Å². The van der Waals surface area contributed by atoms with Gasteiger partial charge in [-0.1, -0.05) is 6.07 Å². The number of anilines is 1. The van der Waals surface area contributed by atoms with Crippen molar-refractivity contribution in [2.45, 2.75) is 24.9 Å². The van der Waals surface area contributed by atoms with Gasteiger partial charge in [0.05, 0.1) is 13.7 Å². The van der Waals surface area contributed by atoms with E-state index in [1.807, 2.05) is 6.07 Å². The van der Waals surface area contributed by atoms with Gasteiger partial charge in [-0.2, -0.15) is 0 Å². The molecule has 0 saturated carbocycles. The average molecular weight is 390 g/mol. The topological polar surface area (TPSA) is 87.7 Å². The highest BCUT2D eigenvalue weighted by atomic mass is 19.2. The molecule has 0 saturated heterocycles. The molecule has 1 aliphatic carbocycles. The molecule has 1 aliphatic rings. The van der Waals surface area contributed by atoms with Crippen LogP contribution in [0.2, 0.25) is 0 Å². The van der Waals surface area contributed by atoms with Gasteiger partial charge in [-0.05, 0) is 54.7 Å². The van der Waals surface area contributed by atoms with Crippen LogP contribution in [-0.2, 0) is 21.6 Å². The molecular weight excluding hydrogens is 370 g/mol. The summed E-state index contributed by atoms with van der Waals surface area (Å²) in [5, 5.41) is 15.6. The van der Waals surface area contributed by atoms with Crippen LogP contribution < -0.4 is 15.4 Å². The van der Waals surface area contributed by atoms with E-state index in [0.29, 0.717) is 24.2 Å². The van der Waals surface area contributed by atoms with Crippen LogP contribution in [0.5, 0.6) is 5.75 Å². The average Bonchev–Trinajstić information content (AvgIpc) is 2.68. The summed E-state index contributed by atoms with van der Waals surface area (Å²) in [4.78, 5) is 24.1. The molecule has 1 atom stereocenters. The number of hydrogen-bond acceptors (Lipinski definition) is 4. The monoisotopic (exact) mass is 390 g/mol. The Morgan fingerprint density at radius 1 is 1.14 bits per heavy atom. The maximum atomic E-state index is 13.2. The number of carbonyl (C=O) groups excluding carboxylic acids is 2. The van der Waals surface area contributed by atoms with Crippen LogP contribution in [0.15, 0.2) is 36.4 Å². The van der Waals surface area contributed by atoms with E-state index in [1.165, 1.54) is 0 Å². The van der Waals surface area contributed by atoms with Gasteiger partial charge in [0.2, 0.25) is 0 Å². The maximum Gasteiger partial charge on any atom is 0.313 e. The summed E-state index contributed by atoms with van der Waals surface area (Å²) >= 11 is 0. The fourth-order valence-corrected chi connectivity index (χ4v) is 3.32. The third-order valence-electron chi connectivity index (χ3n) is 4.78. The molecule has 148 valence electrons. The molecule has 2 amide bonds. The van der Waals surface area contributed by atoms with Gasteiger partial charge < -0.3 is 20.5 Å². The van der Waals surface area contributed by atoms with E-state index in [2.05, 4.69) is 10.6 Å². The van der Waals surface area contributed by atoms with Gasteiger partial charge in [0, 0.05) is 11.8 Å². The van der Waals surface area contributed by atoms with E-state index in [1.54, 1.807) is 19.2 Å². The maximum absolute atomic E-state index is 13.2. The first-order valence-electron chi connectivity index (χ1n) is 8.76. The van der Waals surface area contributed by atoms with Crippen molar-refractivity contribution in [3.05, 3.63) is 59.2 Å².